The fourth-order valence-corrected chi connectivity index (χ4v) is 4.91. The molecule has 1 fully saturated rings. The summed E-state index contributed by atoms with van der Waals surface area (Å²) in [6.45, 7) is 1.79. The number of benzene rings is 1. The average Bonchev–Trinajstić information content (AvgIpc) is 3.11. The Morgan fingerprint density at radius 3 is 2.65 bits per heavy atom. The molecule has 1 atom stereocenters. The third-order valence-corrected chi connectivity index (χ3v) is 6.45. The fourth-order valence-electron chi connectivity index (χ4n) is 2.94. The number of rotatable bonds is 5. The van der Waals surface area contributed by atoms with E-state index in [4.69, 9.17) is 0 Å². The lowest BCUT2D eigenvalue weighted by molar-refractivity contribution is -0.119. The number of nitrogens with zero attached hydrogens (tertiary/aromatic N) is 1. The van der Waals surface area contributed by atoms with E-state index in [1.54, 1.807) is 6.92 Å². The number of carbonyl (C=O) groups is 2. The quantitative estimate of drug-likeness (QED) is 0.741. The summed E-state index contributed by atoms with van der Waals surface area (Å²) in [7, 11) is 0. The SMILES string of the molecule is C[C@@H](Sc1nc(-c2ccccc2)cs1)C(=O)NC(=O)NC1CCCCC1. The first-order valence-electron chi connectivity index (χ1n) is 8.91. The molecule has 0 spiro atoms. The number of hydrogen-bond acceptors (Lipinski definition) is 5. The molecule has 1 aromatic heterocycles. The Balaban J connectivity index is 1.49. The van der Waals surface area contributed by atoms with Crippen molar-refractivity contribution >= 4 is 35.0 Å². The van der Waals surface area contributed by atoms with Crippen molar-refractivity contribution in [2.24, 2.45) is 0 Å². The molecule has 5 nitrogen and oxygen atoms in total. The van der Waals surface area contributed by atoms with Crippen LogP contribution in [0.25, 0.3) is 11.3 Å². The van der Waals surface area contributed by atoms with Crippen LogP contribution in [0.5, 0.6) is 0 Å². The Morgan fingerprint density at radius 1 is 1.19 bits per heavy atom. The molecule has 1 aliphatic carbocycles. The second-order valence-corrected chi connectivity index (χ2v) is 8.87. The summed E-state index contributed by atoms with van der Waals surface area (Å²) in [5.74, 6) is -0.292. The van der Waals surface area contributed by atoms with Gasteiger partial charge in [0, 0.05) is 17.0 Å². The number of carbonyl (C=O) groups excluding carboxylic acids is 2. The van der Waals surface area contributed by atoms with Crippen molar-refractivity contribution in [2.75, 3.05) is 0 Å². The van der Waals surface area contributed by atoms with Crippen molar-refractivity contribution in [3.05, 3.63) is 35.7 Å². The first-order chi connectivity index (χ1) is 12.6. The summed E-state index contributed by atoms with van der Waals surface area (Å²) in [6.07, 6.45) is 5.49. The van der Waals surface area contributed by atoms with Crippen molar-refractivity contribution in [1.29, 1.82) is 0 Å². The van der Waals surface area contributed by atoms with Gasteiger partial charge in [-0.25, -0.2) is 9.78 Å². The molecule has 7 heteroatoms. The van der Waals surface area contributed by atoms with Gasteiger partial charge in [0.25, 0.3) is 0 Å². The van der Waals surface area contributed by atoms with Crippen molar-refractivity contribution in [3.63, 3.8) is 0 Å². The van der Waals surface area contributed by atoms with E-state index in [-0.39, 0.29) is 17.2 Å². The van der Waals surface area contributed by atoms with Crippen molar-refractivity contribution in [1.82, 2.24) is 15.6 Å². The van der Waals surface area contributed by atoms with Gasteiger partial charge in [-0.3, -0.25) is 10.1 Å². The van der Waals surface area contributed by atoms with Gasteiger partial charge in [-0.1, -0.05) is 61.4 Å². The molecule has 3 rings (SSSR count). The second kappa shape index (κ2) is 9.19. The van der Waals surface area contributed by atoms with Crippen molar-refractivity contribution in [3.8, 4) is 11.3 Å². The lowest BCUT2D eigenvalue weighted by Crippen LogP contribution is -2.47. The van der Waals surface area contributed by atoms with Gasteiger partial charge >= 0.3 is 6.03 Å². The number of thioether (sulfide) groups is 1. The molecule has 0 radical (unpaired) electrons. The number of urea groups is 1. The third-order valence-electron chi connectivity index (χ3n) is 4.38. The maximum absolute atomic E-state index is 12.3. The van der Waals surface area contributed by atoms with E-state index in [1.165, 1.54) is 29.5 Å². The molecule has 1 aromatic carbocycles. The standard InChI is InChI=1S/C19H23N3O2S2/c1-13(17(23)22-18(24)20-15-10-6-3-7-11-15)26-19-21-16(12-25-19)14-8-4-2-5-9-14/h2,4-5,8-9,12-13,15H,3,6-7,10-11H2,1H3,(H2,20,22,23,24)/t13-/m1/s1. The lowest BCUT2D eigenvalue weighted by atomic mass is 9.96. The first kappa shape index (κ1) is 18.9. The van der Waals surface area contributed by atoms with Crippen LogP contribution >= 0.6 is 23.1 Å². The van der Waals surface area contributed by atoms with Crippen LogP contribution in [0.3, 0.4) is 0 Å². The van der Waals surface area contributed by atoms with Gasteiger partial charge in [-0.2, -0.15) is 0 Å². The van der Waals surface area contributed by atoms with Crippen molar-refractivity contribution < 1.29 is 9.59 Å². The molecule has 3 amide bonds. The minimum absolute atomic E-state index is 0.187. The maximum Gasteiger partial charge on any atom is 0.321 e. The van der Waals surface area contributed by atoms with Gasteiger partial charge in [-0.05, 0) is 19.8 Å². The number of aromatic nitrogens is 1. The molecule has 138 valence electrons. The number of thiazole rings is 1. The van der Waals surface area contributed by atoms with Crippen LogP contribution in [-0.2, 0) is 4.79 Å². The molecular formula is C19H23N3O2S2. The summed E-state index contributed by atoms with van der Waals surface area (Å²) >= 11 is 2.88. The van der Waals surface area contributed by atoms with Gasteiger partial charge in [-0.15, -0.1) is 11.3 Å². The fraction of sp³-hybridized carbons (Fsp3) is 0.421. The van der Waals surface area contributed by atoms with Crippen LogP contribution in [0.15, 0.2) is 40.1 Å². The number of amides is 3. The molecule has 0 aliphatic heterocycles. The minimum Gasteiger partial charge on any atom is -0.335 e. The van der Waals surface area contributed by atoms with Crippen LogP contribution < -0.4 is 10.6 Å². The monoisotopic (exact) mass is 389 g/mol. The Hall–Kier alpha value is -1.86. The lowest BCUT2D eigenvalue weighted by Gasteiger charge is -2.22. The van der Waals surface area contributed by atoms with E-state index >= 15 is 0 Å². The van der Waals surface area contributed by atoms with Gasteiger partial charge < -0.3 is 5.32 Å². The van der Waals surface area contributed by atoms with Gasteiger partial charge in [0.05, 0.1) is 10.9 Å². The number of nitrogens with one attached hydrogen (secondary N) is 2. The summed E-state index contributed by atoms with van der Waals surface area (Å²) in [5, 5.41) is 6.95. The minimum atomic E-state index is -0.390. The highest BCUT2D eigenvalue weighted by molar-refractivity contribution is 8.02. The molecule has 1 saturated carbocycles. The average molecular weight is 390 g/mol. The molecule has 2 aromatic rings. The van der Waals surface area contributed by atoms with E-state index in [1.807, 2.05) is 35.7 Å². The van der Waals surface area contributed by atoms with Crippen LogP contribution in [-0.4, -0.2) is 28.2 Å². The molecule has 1 aliphatic rings. The van der Waals surface area contributed by atoms with Crippen LogP contribution in [0.2, 0.25) is 0 Å². The summed E-state index contributed by atoms with van der Waals surface area (Å²) < 4.78 is 0.819. The van der Waals surface area contributed by atoms with Gasteiger partial charge in [0.1, 0.15) is 0 Å². The molecule has 26 heavy (non-hydrogen) atoms. The summed E-state index contributed by atoms with van der Waals surface area (Å²) in [4.78, 5) is 28.8. The number of imide groups is 1. The van der Waals surface area contributed by atoms with Crippen LogP contribution in [0.4, 0.5) is 4.79 Å². The molecule has 0 saturated heterocycles. The zero-order chi connectivity index (χ0) is 18.4. The smallest absolute Gasteiger partial charge is 0.321 e. The Kier molecular flexibility index (Phi) is 6.68. The first-order valence-corrected chi connectivity index (χ1v) is 10.7. The molecule has 0 unspecified atom stereocenters. The Morgan fingerprint density at radius 2 is 1.92 bits per heavy atom. The Labute approximate surface area is 162 Å². The predicted octanol–water partition coefficient (Wildman–Crippen LogP) is 4.45. The summed E-state index contributed by atoms with van der Waals surface area (Å²) in [6, 6.07) is 9.73. The zero-order valence-electron chi connectivity index (χ0n) is 14.7. The number of hydrogen-bond donors (Lipinski definition) is 2. The maximum atomic E-state index is 12.3. The van der Waals surface area contributed by atoms with Crippen LogP contribution in [0, 0.1) is 0 Å². The summed E-state index contributed by atoms with van der Waals surface area (Å²) in [5.41, 5.74) is 1.96. The molecular weight excluding hydrogens is 366 g/mol. The second-order valence-electron chi connectivity index (χ2n) is 6.42. The topological polar surface area (TPSA) is 71.1 Å². The van der Waals surface area contributed by atoms with Gasteiger partial charge in [0.15, 0.2) is 4.34 Å². The normalized spacial score (nSPS) is 16.0. The van der Waals surface area contributed by atoms with E-state index in [0.29, 0.717) is 0 Å². The van der Waals surface area contributed by atoms with E-state index in [9.17, 15) is 9.59 Å². The molecule has 0 bridgehead atoms. The third kappa shape index (κ3) is 5.32. The highest BCUT2D eigenvalue weighted by Crippen LogP contribution is 2.30. The molecule has 1 heterocycles. The molecule has 2 N–H and O–H groups in total. The predicted molar refractivity (Wildman–Crippen MR) is 106 cm³/mol. The highest BCUT2D eigenvalue weighted by Gasteiger charge is 2.21. The van der Waals surface area contributed by atoms with E-state index in [2.05, 4.69) is 15.6 Å². The highest BCUT2D eigenvalue weighted by atomic mass is 32.2. The Bertz CT molecular complexity index is 742. The van der Waals surface area contributed by atoms with Gasteiger partial charge in [0.2, 0.25) is 5.91 Å². The zero-order valence-corrected chi connectivity index (χ0v) is 16.4. The van der Waals surface area contributed by atoms with E-state index < -0.39 is 6.03 Å². The van der Waals surface area contributed by atoms with Crippen molar-refractivity contribution in [2.45, 2.75) is 54.7 Å². The van der Waals surface area contributed by atoms with Crippen LogP contribution in [0.1, 0.15) is 39.0 Å². The largest absolute Gasteiger partial charge is 0.335 e. The van der Waals surface area contributed by atoms with E-state index in [0.717, 1.165) is 41.3 Å².